The van der Waals surface area contributed by atoms with Gasteiger partial charge in [0.05, 0.1) is 12.4 Å². The molecule has 0 aliphatic rings. The van der Waals surface area contributed by atoms with Crippen LogP contribution in [0.2, 0.25) is 19.5 Å². The van der Waals surface area contributed by atoms with E-state index in [-0.39, 0.29) is 21.7 Å². The van der Waals surface area contributed by atoms with E-state index in [0.29, 0.717) is 0 Å². The summed E-state index contributed by atoms with van der Waals surface area (Å²) in [6.07, 6.45) is 14.6. The number of unbranched alkanes of at least 4 members (excludes halogenated alkanes) is 2. The Morgan fingerprint density at radius 1 is 0.920 bits per heavy atom. The van der Waals surface area contributed by atoms with Gasteiger partial charge < -0.3 is 13.9 Å². The highest BCUT2D eigenvalue weighted by atomic mass is 15.0. The average Bonchev–Trinajstić information content (AvgIpc) is 3.03. The highest BCUT2D eigenvalue weighted by Gasteiger charge is 2.01. The van der Waals surface area contributed by atoms with Crippen LogP contribution in [0.15, 0.2) is 18.7 Å². The van der Waals surface area contributed by atoms with Crippen molar-refractivity contribution in [3.05, 3.63) is 18.7 Å². The molecule has 1 rings (SSSR count). The van der Waals surface area contributed by atoms with E-state index in [0.717, 1.165) is 0 Å². The van der Waals surface area contributed by atoms with Crippen molar-refractivity contribution in [2.75, 3.05) is 21.1 Å². The fourth-order valence-corrected chi connectivity index (χ4v) is 1.63. The molecule has 5 heteroatoms. The Bertz CT molecular complexity index is 318. The average molecular weight is 356 g/mol. The van der Waals surface area contributed by atoms with Crippen LogP contribution in [0.1, 0.15) is 74.7 Å². The summed E-state index contributed by atoms with van der Waals surface area (Å²) in [4.78, 5) is 2.00. The number of aromatic nitrogens is 2. The minimum Gasteiger partial charge on any atom is -0.445 e. The van der Waals surface area contributed by atoms with Gasteiger partial charge in [0.15, 0.2) is 14.3 Å². The van der Waals surface area contributed by atoms with E-state index < -0.39 is 0 Å². The second-order valence-corrected chi connectivity index (χ2v) is 7.50. The molecule has 0 saturated heterocycles. The largest absolute Gasteiger partial charge is 0.445 e. The maximum atomic E-state index is 2.39. The lowest BCUT2D eigenvalue weighted by atomic mass is 9.62. The Morgan fingerprint density at radius 2 is 1.32 bits per heavy atom. The number of hydrogen-bond acceptors (Lipinski definition) is 1. The van der Waals surface area contributed by atoms with Crippen molar-refractivity contribution in [1.29, 1.82) is 0 Å². The molecule has 0 N–H and O–H groups in total. The molecule has 0 spiro atoms. The summed E-state index contributed by atoms with van der Waals surface area (Å²) in [5.74, 6) is 0. The van der Waals surface area contributed by atoms with Gasteiger partial charge in [-0.05, 0) is 21.1 Å². The van der Waals surface area contributed by atoms with E-state index in [9.17, 15) is 0 Å². The second kappa shape index (κ2) is 25.5. The standard InChI is InChI=1S/C8H19B2N2.2C4H10.C3H9N.CH4/c1-4-9-11-6-7-12(8-11)10(3)5-2;2*1-3-4-2;1-4(2)3;/h6-8,10H,4-5,9H2,1-3H3;2*3-4H2,1-2H3;1-3H3;1H4/q-1;;;;. The van der Waals surface area contributed by atoms with Crippen LogP contribution in [0, 0.1) is 0 Å². The van der Waals surface area contributed by atoms with E-state index in [1.54, 1.807) is 0 Å². The zero-order chi connectivity index (χ0) is 19.4. The molecule has 3 nitrogen and oxygen atoms in total. The lowest BCUT2D eigenvalue weighted by Crippen LogP contribution is -2.37. The van der Waals surface area contributed by atoms with Crippen LogP contribution in [-0.4, -0.2) is 44.8 Å². The highest BCUT2D eigenvalue weighted by molar-refractivity contribution is 6.55. The van der Waals surface area contributed by atoms with Gasteiger partial charge in [0, 0.05) is 0 Å². The summed E-state index contributed by atoms with van der Waals surface area (Å²) in [6.45, 7) is 15.5. The molecule has 1 heterocycles. The molecule has 0 amide bonds. The molecule has 0 aromatic carbocycles. The van der Waals surface area contributed by atoms with Gasteiger partial charge in [0.1, 0.15) is 6.33 Å². The van der Waals surface area contributed by atoms with Crippen LogP contribution >= 0.6 is 0 Å². The van der Waals surface area contributed by atoms with Gasteiger partial charge in [-0.15, -0.1) is 12.6 Å². The third-order valence-corrected chi connectivity index (χ3v) is 3.85. The lowest BCUT2D eigenvalue weighted by Gasteiger charge is -2.10. The molecule has 0 aliphatic carbocycles. The summed E-state index contributed by atoms with van der Waals surface area (Å²) >= 11 is 0. The quantitative estimate of drug-likeness (QED) is 0.667. The number of imidazole rings is 1. The Labute approximate surface area is 162 Å². The van der Waals surface area contributed by atoms with Gasteiger partial charge in [-0.3, -0.25) is 0 Å². The van der Waals surface area contributed by atoms with Crippen molar-refractivity contribution in [3.8, 4) is 0 Å². The molecular formula is C20H52B2N3-. The lowest BCUT2D eigenvalue weighted by molar-refractivity contribution is -0.528. The number of nitrogens with zero attached hydrogens (tertiary/aromatic N) is 3. The first-order chi connectivity index (χ1) is 11.3. The number of hydrogen-bond donors (Lipinski definition) is 0. The van der Waals surface area contributed by atoms with Crippen molar-refractivity contribution in [2.24, 2.45) is 0 Å². The van der Waals surface area contributed by atoms with E-state index in [4.69, 9.17) is 0 Å². The summed E-state index contributed by atoms with van der Waals surface area (Å²) in [7, 11) is 6.10. The summed E-state index contributed by atoms with van der Waals surface area (Å²) in [5.41, 5.74) is 0. The monoisotopic (exact) mass is 356 g/mol. The Balaban J connectivity index is -0.000000142. The van der Waals surface area contributed by atoms with Crippen LogP contribution in [-0.2, 0) is 0 Å². The molecule has 1 unspecified atom stereocenters. The molecule has 1 atom stereocenters. The molecule has 0 fully saturated rings. The summed E-state index contributed by atoms with van der Waals surface area (Å²) in [5, 5.41) is 0. The van der Waals surface area contributed by atoms with E-state index in [1.807, 2.05) is 26.0 Å². The number of rotatable bonds is 6. The summed E-state index contributed by atoms with van der Waals surface area (Å²) < 4.78 is 4.78. The fraction of sp³-hybridized carbons (Fsp3) is 0.850. The molecule has 0 bridgehead atoms. The minimum absolute atomic E-state index is 0. The molecule has 1 aromatic rings. The van der Waals surface area contributed by atoms with Gasteiger partial charge in [-0.2, -0.15) is 6.82 Å². The maximum absolute atomic E-state index is 2.39. The Kier molecular flexibility index (Phi) is 32.7. The molecule has 25 heavy (non-hydrogen) atoms. The topological polar surface area (TPSA) is 12.0 Å². The van der Waals surface area contributed by atoms with Crippen LogP contribution in [0.3, 0.4) is 0 Å². The maximum Gasteiger partial charge on any atom is 0.174 e. The zero-order valence-corrected chi connectivity index (χ0v) is 19.0. The molecule has 1 aromatic heterocycles. The molecule has 0 saturated carbocycles. The predicted molar refractivity (Wildman–Crippen MR) is 125 cm³/mol. The van der Waals surface area contributed by atoms with Gasteiger partial charge in [-0.25, -0.2) is 0 Å². The van der Waals surface area contributed by atoms with E-state index in [2.05, 4.69) is 76.0 Å². The molecule has 0 radical (unpaired) electrons. The normalized spacial score (nSPS) is 10.2. The van der Waals surface area contributed by atoms with Crippen molar-refractivity contribution in [2.45, 2.75) is 94.1 Å². The fourth-order valence-electron chi connectivity index (χ4n) is 1.63. The van der Waals surface area contributed by atoms with Gasteiger partial charge >= 0.3 is 0 Å². The predicted octanol–water partition coefficient (Wildman–Crippen LogP) is 4.79. The first-order valence-corrected chi connectivity index (χ1v) is 10.6. The van der Waals surface area contributed by atoms with Crippen LogP contribution in [0.4, 0.5) is 0 Å². The van der Waals surface area contributed by atoms with Crippen LogP contribution in [0.25, 0.3) is 0 Å². The molecular weight excluding hydrogens is 304 g/mol. The Hall–Kier alpha value is -0.700. The van der Waals surface area contributed by atoms with Crippen molar-refractivity contribution < 1.29 is 4.48 Å². The Morgan fingerprint density at radius 3 is 1.60 bits per heavy atom. The smallest absolute Gasteiger partial charge is 0.174 e. The van der Waals surface area contributed by atoms with Crippen molar-refractivity contribution in [1.82, 2.24) is 9.38 Å². The van der Waals surface area contributed by atoms with Crippen molar-refractivity contribution in [3.63, 3.8) is 0 Å². The second-order valence-electron chi connectivity index (χ2n) is 7.50. The van der Waals surface area contributed by atoms with Gasteiger partial charge in [0.2, 0.25) is 0 Å². The highest BCUT2D eigenvalue weighted by Crippen LogP contribution is 1.94. The summed E-state index contributed by atoms with van der Waals surface area (Å²) in [6, 6.07) is 0. The van der Waals surface area contributed by atoms with E-state index in [1.165, 1.54) is 38.3 Å². The zero-order valence-electron chi connectivity index (χ0n) is 19.0. The minimum atomic E-state index is -0.118. The first-order valence-electron chi connectivity index (χ1n) is 10.6. The molecule has 0 aliphatic heterocycles. The third-order valence-electron chi connectivity index (χ3n) is 3.85. The van der Waals surface area contributed by atoms with Gasteiger partial charge in [-0.1, -0.05) is 74.7 Å². The van der Waals surface area contributed by atoms with Crippen LogP contribution in [0.5, 0.6) is 0 Å². The third kappa shape index (κ3) is 28.4. The first kappa shape index (κ1) is 32.0. The molecule has 154 valence electrons. The van der Waals surface area contributed by atoms with E-state index >= 15 is 0 Å². The van der Waals surface area contributed by atoms with Crippen molar-refractivity contribution >= 4 is 14.3 Å². The van der Waals surface area contributed by atoms with Crippen LogP contribution < -0.4 is 4.48 Å². The van der Waals surface area contributed by atoms with Gasteiger partial charge in [0.25, 0.3) is 0 Å². The SMILES string of the molecule is C.CCCC.CCCC.CC[BH2-][n+]1ccn([BH-](C)CC)c1.CN(C)C.